The van der Waals surface area contributed by atoms with Gasteiger partial charge in [-0.05, 0) is 19.3 Å². The van der Waals surface area contributed by atoms with Crippen LogP contribution >= 0.6 is 11.6 Å². The molecule has 5 atom stereocenters. The van der Waals surface area contributed by atoms with Gasteiger partial charge in [0.15, 0.2) is 23.0 Å². The third kappa shape index (κ3) is 3.46. The first kappa shape index (κ1) is 23.1. The van der Waals surface area contributed by atoms with Crippen LogP contribution in [0, 0.1) is 0 Å². The van der Waals surface area contributed by atoms with Crippen LogP contribution in [0.3, 0.4) is 0 Å². The van der Waals surface area contributed by atoms with Crippen LogP contribution in [-0.4, -0.2) is 66.4 Å². The van der Waals surface area contributed by atoms with Crippen LogP contribution in [0.4, 0.5) is 0 Å². The average molecular weight is 395 g/mol. The van der Waals surface area contributed by atoms with Crippen LogP contribution in [0.15, 0.2) is 0 Å². The van der Waals surface area contributed by atoms with Crippen molar-refractivity contribution in [2.45, 2.75) is 88.0 Å². The van der Waals surface area contributed by atoms with Gasteiger partial charge < -0.3 is 25.2 Å². The monoisotopic (exact) mass is 394 g/mol. The molecule has 1 rings (SSSR count). The zero-order valence-electron chi connectivity index (χ0n) is 15.2. The molecular weight excluding hydrogens is 368 g/mol. The van der Waals surface area contributed by atoms with E-state index in [9.17, 15) is 34.8 Å². The summed E-state index contributed by atoms with van der Waals surface area (Å²) >= 11 is 5.78. The van der Waals surface area contributed by atoms with Crippen molar-refractivity contribution < 1.29 is 39.5 Å². The third-order valence-electron chi connectivity index (χ3n) is 4.59. The third-order valence-corrected chi connectivity index (χ3v) is 4.95. The molecular formula is C17H27ClO8. The molecule has 1 aliphatic heterocycles. The predicted molar refractivity (Wildman–Crippen MR) is 91.3 cm³/mol. The van der Waals surface area contributed by atoms with Crippen LogP contribution in [0.1, 0.15) is 59.3 Å². The van der Waals surface area contributed by atoms with Crippen molar-refractivity contribution in [1.29, 1.82) is 0 Å². The molecule has 1 aliphatic rings. The highest BCUT2D eigenvalue weighted by Gasteiger charge is 2.80. The van der Waals surface area contributed by atoms with Gasteiger partial charge in [0.2, 0.25) is 5.60 Å². The van der Waals surface area contributed by atoms with Crippen molar-refractivity contribution in [1.82, 2.24) is 0 Å². The summed E-state index contributed by atoms with van der Waals surface area (Å²) in [6, 6.07) is 0. The van der Waals surface area contributed by atoms with Crippen molar-refractivity contribution >= 4 is 29.0 Å². The number of halogens is 1. The number of carbonyl (C=O) groups is 3. The van der Waals surface area contributed by atoms with Gasteiger partial charge in [-0.3, -0.25) is 14.4 Å². The van der Waals surface area contributed by atoms with E-state index < -0.39 is 46.0 Å². The van der Waals surface area contributed by atoms with Crippen LogP contribution < -0.4 is 0 Å². The quantitative estimate of drug-likeness (QED) is 0.385. The van der Waals surface area contributed by atoms with Crippen molar-refractivity contribution in [3.63, 3.8) is 0 Å². The number of rotatable bonds is 10. The first-order chi connectivity index (χ1) is 11.9. The predicted octanol–water partition coefficient (Wildman–Crippen LogP) is 0.201. The first-order valence-corrected chi connectivity index (χ1v) is 9.14. The van der Waals surface area contributed by atoms with Crippen molar-refractivity contribution in [3.05, 3.63) is 0 Å². The number of hydrogen-bond donors (Lipinski definition) is 4. The number of ether oxygens (including phenoxy) is 1. The van der Waals surface area contributed by atoms with Gasteiger partial charge in [0.1, 0.15) is 12.2 Å². The number of ketones is 3. The number of aliphatic hydroxyl groups is 4. The van der Waals surface area contributed by atoms with E-state index in [2.05, 4.69) is 0 Å². The van der Waals surface area contributed by atoms with Crippen molar-refractivity contribution in [2.24, 2.45) is 0 Å². The minimum atomic E-state index is -3.23. The van der Waals surface area contributed by atoms with Gasteiger partial charge in [-0.15, -0.1) is 0 Å². The second-order valence-electron chi connectivity index (χ2n) is 6.58. The molecule has 1 fully saturated rings. The molecule has 0 radical (unpaired) electrons. The molecule has 0 spiro atoms. The maximum absolute atomic E-state index is 12.6. The Balaban J connectivity index is 3.55. The molecule has 150 valence electrons. The average Bonchev–Trinajstić information content (AvgIpc) is 2.74. The lowest BCUT2D eigenvalue weighted by atomic mass is 9.71. The molecule has 0 aliphatic carbocycles. The summed E-state index contributed by atoms with van der Waals surface area (Å²) in [5, 5.41) is 39.4. The van der Waals surface area contributed by atoms with Gasteiger partial charge in [-0.2, -0.15) is 0 Å². The highest BCUT2D eigenvalue weighted by molar-refractivity contribution is 6.26. The number of carbonyl (C=O) groups excluding carboxylic acids is 3. The molecule has 1 unspecified atom stereocenters. The van der Waals surface area contributed by atoms with Gasteiger partial charge in [0.05, 0.1) is 0 Å². The second-order valence-corrected chi connectivity index (χ2v) is 7.10. The molecule has 8 nitrogen and oxygen atoms in total. The Hall–Kier alpha value is -0.900. The Labute approximate surface area is 157 Å². The Kier molecular flexibility index (Phi) is 7.49. The normalized spacial score (nSPS) is 35.3. The van der Waals surface area contributed by atoms with E-state index in [0.717, 1.165) is 0 Å². The molecule has 0 aromatic heterocycles. The fraction of sp³-hybridized carbons (Fsp3) is 0.824. The van der Waals surface area contributed by atoms with Gasteiger partial charge >= 0.3 is 0 Å². The molecule has 9 heteroatoms. The van der Waals surface area contributed by atoms with E-state index in [0.29, 0.717) is 6.42 Å². The summed E-state index contributed by atoms with van der Waals surface area (Å²) in [6.07, 6.45) is -4.01. The topological polar surface area (TPSA) is 141 Å². The molecule has 1 heterocycles. The summed E-state index contributed by atoms with van der Waals surface area (Å²) in [4.78, 5) is 37.2. The van der Waals surface area contributed by atoms with Crippen LogP contribution in [0.25, 0.3) is 0 Å². The number of aliphatic hydroxyl groups excluding tert-OH is 1. The van der Waals surface area contributed by atoms with E-state index in [-0.39, 0.29) is 32.1 Å². The fourth-order valence-electron chi connectivity index (χ4n) is 3.21. The fourth-order valence-corrected chi connectivity index (χ4v) is 3.55. The summed E-state index contributed by atoms with van der Waals surface area (Å²) in [5.74, 6) is -2.96. The minimum absolute atomic E-state index is 0.0961. The standard InChI is InChI=1S/C17H27ClO8/c1-4-7-10(19)13(22)14-15(23,11(20)8-5-2)16(24,12(21)9-6-3)17(18,25)26-14/h13-14,22-25H,4-9H2,1-3H3/t13?,14-,15-,16-,17+/m1/s1. The molecule has 0 bridgehead atoms. The Morgan fingerprint density at radius 1 is 0.962 bits per heavy atom. The maximum atomic E-state index is 12.6. The molecule has 26 heavy (non-hydrogen) atoms. The summed E-state index contributed by atoms with van der Waals surface area (Å²) < 4.78 is 4.95. The lowest BCUT2D eigenvalue weighted by Crippen LogP contribution is -2.71. The number of hydrogen-bond acceptors (Lipinski definition) is 8. The van der Waals surface area contributed by atoms with Crippen molar-refractivity contribution in [2.75, 3.05) is 0 Å². The summed E-state index contributed by atoms with van der Waals surface area (Å²) in [6.45, 7) is 4.90. The zero-order chi connectivity index (χ0) is 20.3. The lowest BCUT2D eigenvalue weighted by Gasteiger charge is -2.39. The lowest BCUT2D eigenvalue weighted by molar-refractivity contribution is -0.219. The highest BCUT2D eigenvalue weighted by atomic mass is 35.5. The van der Waals surface area contributed by atoms with Crippen LogP contribution in [0.2, 0.25) is 0 Å². The van der Waals surface area contributed by atoms with Crippen molar-refractivity contribution in [3.8, 4) is 0 Å². The minimum Gasteiger partial charge on any atom is -0.382 e. The van der Waals surface area contributed by atoms with Crippen LogP contribution in [0.5, 0.6) is 0 Å². The molecule has 0 aromatic rings. The van der Waals surface area contributed by atoms with E-state index in [4.69, 9.17) is 16.3 Å². The molecule has 0 amide bonds. The van der Waals surface area contributed by atoms with Gasteiger partial charge in [-0.1, -0.05) is 32.4 Å². The molecule has 0 aromatic carbocycles. The van der Waals surface area contributed by atoms with Crippen LogP contribution in [-0.2, 0) is 19.1 Å². The number of Topliss-reactive ketones (excluding diaryl/α,β-unsaturated/α-hetero) is 3. The van der Waals surface area contributed by atoms with E-state index in [1.165, 1.54) is 0 Å². The Morgan fingerprint density at radius 3 is 1.88 bits per heavy atom. The SMILES string of the molecule is CCCC(=O)C(O)[C@H]1O[C@](O)(Cl)[C@@](O)(C(=O)CCC)[C@@]1(O)C(=O)CCC. The molecule has 4 N–H and O–H groups in total. The van der Waals surface area contributed by atoms with Gasteiger partial charge in [0.25, 0.3) is 5.25 Å². The second kappa shape index (κ2) is 8.41. The summed E-state index contributed by atoms with van der Waals surface area (Å²) in [7, 11) is 0. The Bertz CT molecular complexity index is 563. The van der Waals surface area contributed by atoms with E-state index in [1.807, 2.05) is 0 Å². The summed E-state index contributed by atoms with van der Waals surface area (Å²) in [5.41, 5.74) is -6.31. The molecule has 1 saturated heterocycles. The highest BCUT2D eigenvalue weighted by Crippen LogP contribution is 2.51. The van der Waals surface area contributed by atoms with Gasteiger partial charge in [0, 0.05) is 19.3 Å². The Morgan fingerprint density at radius 2 is 1.42 bits per heavy atom. The largest absolute Gasteiger partial charge is 0.382 e. The first-order valence-electron chi connectivity index (χ1n) is 8.76. The number of alkyl halides is 1. The van der Waals surface area contributed by atoms with E-state index >= 15 is 0 Å². The van der Waals surface area contributed by atoms with Gasteiger partial charge in [-0.25, -0.2) is 0 Å². The molecule has 0 saturated carbocycles. The van der Waals surface area contributed by atoms with E-state index in [1.54, 1.807) is 20.8 Å². The zero-order valence-corrected chi connectivity index (χ0v) is 16.0. The smallest absolute Gasteiger partial charge is 0.287 e. The maximum Gasteiger partial charge on any atom is 0.287 e.